The van der Waals surface area contributed by atoms with Gasteiger partial charge in [0, 0.05) is 14.1 Å². The smallest absolute Gasteiger partial charge is 0.328 e. The molecule has 5 heteroatoms. The molecule has 0 atom stereocenters. The monoisotopic (exact) mass is 300 g/mol. The van der Waals surface area contributed by atoms with Crippen LogP contribution < -0.4 is 4.90 Å². The number of urea groups is 1. The summed E-state index contributed by atoms with van der Waals surface area (Å²) in [7, 11) is 3.39. The fourth-order valence-electron chi connectivity index (χ4n) is 2.07. The molecule has 0 aromatic heterocycles. The van der Waals surface area contributed by atoms with E-state index < -0.39 is 0 Å². The standard InChI is InChI=1S/C17H20N2O3/c1-18(2)17(22)19(15-7-3-13(11-20)4-8-15)16-9-5-14(12-21)6-10-16/h3-10,20-21H,11-12H2,1-2H3. The van der Waals surface area contributed by atoms with Gasteiger partial charge in [-0.2, -0.15) is 0 Å². The van der Waals surface area contributed by atoms with Crippen LogP contribution in [0, 0.1) is 0 Å². The normalized spacial score (nSPS) is 10.4. The summed E-state index contributed by atoms with van der Waals surface area (Å²) in [5.41, 5.74) is 3.01. The Bertz CT molecular complexity index is 574. The van der Waals surface area contributed by atoms with Gasteiger partial charge in [0.2, 0.25) is 0 Å². The number of rotatable bonds is 4. The molecule has 2 N–H and O–H groups in total. The number of carbonyl (C=O) groups excluding carboxylic acids is 1. The maximum atomic E-state index is 12.5. The van der Waals surface area contributed by atoms with Crippen molar-refractivity contribution in [2.24, 2.45) is 0 Å². The van der Waals surface area contributed by atoms with Crippen LogP contribution in [0.2, 0.25) is 0 Å². The Hall–Kier alpha value is -2.37. The zero-order chi connectivity index (χ0) is 16.1. The van der Waals surface area contributed by atoms with E-state index in [1.165, 1.54) is 4.90 Å². The molecule has 0 heterocycles. The third kappa shape index (κ3) is 3.44. The predicted molar refractivity (Wildman–Crippen MR) is 86.0 cm³/mol. The van der Waals surface area contributed by atoms with Crippen LogP contribution in [0.15, 0.2) is 48.5 Å². The summed E-state index contributed by atoms with van der Waals surface area (Å²) in [6.45, 7) is -0.0692. The summed E-state index contributed by atoms with van der Waals surface area (Å²) in [5, 5.41) is 18.3. The number of benzene rings is 2. The van der Waals surface area contributed by atoms with Gasteiger partial charge < -0.3 is 15.1 Å². The van der Waals surface area contributed by atoms with Crippen LogP contribution in [0.4, 0.5) is 16.2 Å². The Kier molecular flexibility index (Phi) is 5.14. The topological polar surface area (TPSA) is 64.0 Å². The maximum absolute atomic E-state index is 12.5. The van der Waals surface area contributed by atoms with E-state index in [2.05, 4.69) is 0 Å². The van der Waals surface area contributed by atoms with E-state index in [9.17, 15) is 4.79 Å². The van der Waals surface area contributed by atoms with Crippen LogP contribution in [0.25, 0.3) is 0 Å². The minimum atomic E-state index is -0.173. The number of amides is 2. The number of nitrogens with zero attached hydrogens (tertiary/aromatic N) is 2. The highest BCUT2D eigenvalue weighted by molar-refractivity contribution is 5.99. The molecule has 0 fully saturated rings. The second kappa shape index (κ2) is 7.06. The van der Waals surface area contributed by atoms with E-state index >= 15 is 0 Å². The first-order valence-electron chi connectivity index (χ1n) is 6.98. The lowest BCUT2D eigenvalue weighted by Gasteiger charge is -2.26. The molecule has 0 radical (unpaired) electrons. The Labute approximate surface area is 130 Å². The van der Waals surface area contributed by atoms with Crippen molar-refractivity contribution in [2.75, 3.05) is 19.0 Å². The van der Waals surface area contributed by atoms with Gasteiger partial charge >= 0.3 is 6.03 Å². The zero-order valence-electron chi connectivity index (χ0n) is 12.7. The van der Waals surface area contributed by atoms with Crippen molar-refractivity contribution in [2.45, 2.75) is 13.2 Å². The van der Waals surface area contributed by atoms with E-state index in [4.69, 9.17) is 10.2 Å². The number of hydrogen-bond donors (Lipinski definition) is 2. The van der Waals surface area contributed by atoms with E-state index in [-0.39, 0.29) is 19.2 Å². The molecule has 0 aliphatic rings. The molecule has 0 aliphatic heterocycles. The Morgan fingerprint density at radius 3 is 1.45 bits per heavy atom. The molecule has 0 saturated carbocycles. The van der Waals surface area contributed by atoms with E-state index in [0.29, 0.717) is 11.4 Å². The highest BCUT2D eigenvalue weighted by atomic mass is 16.3. The lowest BCUT2D eigenvalue weighted by molar-refractivity contribution is 0.226. The van der Waals surface area contributed by atoms with Gasteiger partial charge in [0.1, 0.15) is 0 Å². The van der Waals surface area contributed by atoms with E-state index in [0.717, 1.165) is 11.1 Å². The molecule has 116 valence electrons. The average molecular weight is 300 g/mol. The predicted octanol–water partition coefficient (Wildman–Crippen LogP) is 2.49. The summed E-state index contributed by atoms with van der Waals surface area (Å²) in [5.74, 6) is 0. The molecule has 2 aromatic carbocycles. The van der Waals surface area contributed by atoms with Gasteiger partial charge in [0.15, 0.2) is 0 Å². The molecule has 0 bridgehead atoms. The summed E-state index contributed by atoms with van der Waals surface area (Å²) in [6, 6.07) is 14.2. The van der Waals surface area contributed by atoms with Gasteiger partial charge in [-0.1, -0.05) is 24.3 Å². The van der Waals surface area contributed by atoms with Crippen molar-refractivity contribution in [3.8, 4) is 0 Å². The summed E-state index contributed by atoms with van der Waals surface area (Å²) in [4.78, 5) is 15.6. The van der Waals surface area contributed by atoms with Gasteiger partial charge in [-0.25, -0.2) is 4.79 Å². The fourth-order valence-corrected chi connectivity index (χ4v) is 2.07. The largest absolute Gasteiger partial charge is 0.392 e. The second-order valence-corrected chi connectivity index (χ2v) is 5.16. The van der Waals surface area contributed by atoms with Gasteiger partial charge in [-0.05, 0) is 35.4 Å². The lowest BCUT2D eigenvalue weighted by Crippen LogP contribution is -2.35. The molecule has 0 unspecified atom stereocenters. The highest BCUT2D eigenvalue weighted by Gasteiger charge is 2.19. The second-order valence-electron chi connectivity index (χ2n) is 5.16. The molecular formula is C17H20N2O3. The first-order valence-corrected chi connectivity index (χ1v) is 6.98. The molecular weight excluding hydrogens is 280 g/mol. The number of aliphatic hydroxyl groups is 2. The van der Waals surface area contributed by atoms with Crippen molar-refractivity contribution >= 4 is 17.4 Å². The summed E-state index contributed by atoms with van der Waals surface area (Å²) >= 11 is 0. The zero-order valence-corrected chi connectivity index (χ0v) is 12.7. The Balaban J connectivity index is 2.42. The van der Waals surface area contributed by atoms with Crippen molar-refractivity contribution in [1.29, 1.82) is 0 Å². The quantitative estimate of drug-likeness (QED) is 0.912. The summed E-state index contributed by atoms with van der Waals surface area (Å²) < 4.78 is 0. The first-order chi connectivity index (χ1) is 10.6. The number of aliphatic hydroxyl groups excluding tert-OH is 2. The van der Waals surface area contributed by atoms with Crippen molar-refractivity contribution in [1.82, 2.24) is 4.90 Å². The summed E-state index contributed by atoms with van der Waals surface area (Å²) in [6.07, 6.45) is 0. The van der Waals surface area contributed by atoms with Crippen molar-refractivity contribution in [3.63, 3.8) is 0 Å². The molecule has 2 rings (SSSR count). The van der Waals surface area contributed by atoms with E-state index in [1.807, 2.05) is 0 Å². The van der Waals surface area contributed by atoms with Crippen LogP contribution in [-0.2, 0) is 13.2 Å². The molecule has 2 aromatic rings. The van der Waals surface area contributed by atoms with Gasteiger partial charge in [-0.15, -0.1) is 0 Å². The Morgan fingerprint density at radius 1 is 0.818 bits per heavy atom. The average Bonchev–Trinajstić information content (AvgIpc) is 2.56. The molecule has 22 heavy (non-hydrogen) atoms. The van der Waals surface area contributed by atoms with Crippen molar-refractivity contribution in [3.05, 3.63) is 59.7 Å². The van der Waals surface area contributed by atoms with E-state index in [1.54, 1.807) is 67.5 Å². The van der Waals surface area contributed by atoms with Gasteiger partial charge in [-0.3, -0.25) is 4.90 Å². The first kappa shape index (κ1) is 16.0. The molecule has 2 amide bonds. The molecule has 0 saturated heterocycles. The van der Waals surface area contributed by atoms with Crippen LogP contribution in [0.1, 0.15) is 11.1 Å². The number of carbonyl (C=O) groups is 1. The van der Waals surface area contributed by atoms with Gasteiger partial charge in [0.05, 0.1) is 24.6 Å². The van der Waals surface area contributed by atoms with Crippen LogP contribution in [0.3, 0.4) is 0 Å². The molecule has 5 nitrogen and oxygen atoms in total. The third-order valence-electron chi connectivity index (χ3n) is 3.33. The molecule has 0 spiro atoms. The lowest BCUT2D eigenvalue weighted by atomic mass is 10.1. The maximum Gasteiger partial charge on any atom is 0.328 e. The van der Waals surface area contributed by atoms with Crippen LogP contribution in [0.5, 0.6) is 0 Å². The fraction of sp³-hybridized carbons (Fsp3) is 0.235. The third-order valence-corrected chi connectivity index (χ3v) is 3.33. The minimum Gasteiger partial charge on any atom is -0.392 e. The van der Waals surface area contributed by atoms with Crippen LogP contribution in [-0.4, -0.2) is 35.2 Å². The Morgan fingerprint density at radius 2 is 1.18 bits per heavy atom. The SMILES string of the molecule is CN(C)C(=O)N(c1ccc(CO)cc1)c1ccc(CO)cc1. The minimum absolute atomic E-state index is 0.0346. The van der Waals surface area contributed by atoms with Crippen LogP contribution >= 0.6 is 0 Å². The number of hydrogen-bond acceptors (Lipinski definition) is 3. The van der Waals surface area contributed by atoms with Gasteiger partial charge in [0.25, 0.3) is 0 Å². The van der Waals surface area contributed by atoms with Crippen molar-refractivity contribution < 1.29 is 15.0 Å². The highest BCUT2D eigenvalue weighted by Crippen LogP contribution is 2.27. The molecule has 0 aliphatic carbocycles. The number of anilines is 2.